The van der Waals surface area contributed by atoms with E-state index >= 15 is 0 Å². The first-order chi connectivity index (χ1) is 12.5. The number of carbonyl (C=O) groups excluding carboxylic acids is 1. The summed E-state index contributed by atoms with van der Waals surface area (Å²) in [6.07, 6.45) is 4.45. The minimum absolute atomic E-state index is 0.0917. The van der Waals surface area contributed by atoms with Gasteiger partial charge in [0.15, 0.2) is 0 Å². The molecule has 1 aromatic carbocycles. The Hall–Kier alpha value is -1.89. The van der Waals surface area contributed by atoms with Crippen LogP contribution in [0.25, 0.3) is 5.69 Å². The summed E-state index contributed by atoms with van der Waals surface area (Å²) in [6.45, 7) is 2.22. The van der Waals surface area contributed by atoms with Crippen LogP contribution in [0.1, 0.15) is 16.8 Å². The molecule has 26 heavy (non-hydrogen) atoms. The van der Waals surface area contributed by atoms with E-state index in [0.717, 1.165) is 18.7 Å². The van der Waals surface area contributed by atoms with Crippen molar-refractivity contribution in [1.82, 2.24) is 19.6 Å². The van der Waals surface area contributed by atoms with Crippen LogP contribution < -0.4 is 0 Å². The summed E-state index contributed by atoms with van der Waals surface area (Å²) in [4.78, 5) is 17.1. The lowest BCUT2D eigenvalue weighted by Crippen LogP contribution is -2.47. The van der Waals surface area contributed by atoms with Gasteiger partial charge in [0.25, 0.3) is 5.91 Å². The molecule has 1 amide bonds. The number of rotatable bonds is 5. The number of aliphatic hydroxyl groups is 1. The molecule has 6 nitrogen and oxygen atoms in total. The second-order valence-electron chi connectivity index (χ2n) is 7.24. The van der Waals surface area contributed by atoms with Gasteiger partial charge in [0.2, 0.25) is 0 Å². The first-order valence-corrected chi connectivity index (χ1v) is 9.20. The van der Waals surface area contributed by atoms with Crippen molar-refractivity contribution in [2.45, 2.75) is 6.42 Å². The molecule has 2 heterocycles. The highest BCUT2D eigenvalue weighted by Gasteiger charge is 2.31. The molecular formula is C19H25ClN4O2. The summed E-state index contributed by atoms with van der Waals surface area (Å²) in [6, 6.07) is 7.18. The third-order valence-electron chi connectivity index (χ3n) is 4.74. The van der Waals surface area contributed by atoms with E-state index in [1.54, 1.807) is 23.0 Å². The lowest BCUT2D eigenvalue weighted by molar-refractivity contribution is 0.0478. The fourth-order valence-electron chi connectivity index (χ4n) is 3.68. The van der Waals surface area contributed by atoms with E-state index in [0.29, 0.717) is 29.6 Å². The minimum Gasteiger partial charge on any atom is -0.396 e. The average molecular weight is 377 g/mol. The molecule has 0 bridgehead atoms. The van der Waals surface area contributed by atoms with Crippen molar-refractivity contribution in [2.75, 3.05) is 40.3 Å². The molecule has 0 aliphatic carbocycles. The van der Waals surface area contributed by atoms with E-state index in [1.807, 2.05) is 37.3 Å². The quantitative estimate of drug-likeness (QED) is 0.868. The first-order valence-electron chi connectivity index (χ1n) is 8.82. The molecule has 1 fully saturated rings. The van der Waals surface area contributed by atoms with E-state index in [9.17, 15) is 9.90 Å². The van der Waals surface area contributed by atoms with E-state index in [1.165, 1.54) is 0 Å². The third kappa shape index (κ3) is 4.26. The normalized spacial score (nSPS) is 20.6. The number of aliphatic hydroxyl groups excluding tert-OH is 1. The van der Waals surface area contributed by atoms with Gasteiger partial charge in [0, 0.05) is 38.6 Å². The zero-order valence-electron chi connectivity index (χ0n) is 15.2. The molecule has 0 radical (unpaired) electrons. The van der Waals surface area contributed by atoms with E-state index in [-0.39, 0.29) is 18.4 Å². The van der Waals surface area contributed by atoms with Crippen molar-refractivity contribution in [1.29, 1.82) is 0 Å². The van der Waals surface area contributed by atoms with Gasteiger partial charge in [-0.15, -0.1) is 0 Å². The second kappa shape index (κ2) is 8.20. The van der Waals surface area contributed by atoms with Crippen LogP contribution in [0.2, 0.25) is 5.02 Å². The zero-order valence-corrected chi connectivity index (χ0v) is 15.9. The monoisotopic (exact) mass is 376 g/mol. The van der Waals surface area contributed by atoms with Crippen LogP contribution in [0.5, 0.6) is 0 Å². The minimum atomic E-state index is -0.0917. The number of carbonyl (C=O) groups is 1. The largest absolute Gasteiger partial charge is 0.396 e. The van der Waals surface area contributed by atoms with Crippen molar-refractivity contribution in [2.24, 2.45) is 11.8 Å². The molecule has 0 spiro atoms. The van der Waals surface area contributed by atoms with Gasteiger partial charge in [-0.1, -0.05) is 11.6 Å². The zero-order chi connectivity index (χ0) is 18.7. The van der Waals surface area contributed by atoms with Gasteiger partial charge in [0.05, 0.1) is 16.3 Å². The molecule has 2 aromatic rings. The number of amides is 1. The van der Waals surface area contributed by atoms with Gasteiger partial charge >= 0.3 is 0 Å². The number of halogens is 1. The van der Waals surface area contributed by atoms with Crippen LogP contribution >= 0.6 is 11.6 Å². The Balaban J connectivity index is 1.84. The van der Waals surface area contributed by atoms with Crippen molar-refractivity contribution < 1.29 is 9.90 Å². The van der Waals surface area contributed by atoms with Gasteiger partial charge in [-0.25, -0.2) is 4.68 Å². The smallest absolute Gasteiger partial charge is 0.255 e. The molecule has 1 aliphatic heterocycles. The maximum atomic E-state index is 13.2. The molecule has 7 heteroatoms. The maximum Gasteiger partial charge on any atom is 0.255 e. The number of nitrogens with zero attached hydrogens (tertiary/aromatic N) is 4. The third-order valence-corrected chi connectivity index (χ3v) is 5.07. The molecule has 1 N–H and O–H groups in total. The summed E-state index contributed by atoms with van der Waals surface area (Å²) >= 11 is 6.33. The Morgan fingerprint density at radius 1 is 1.35 bits per heavy atom. The van der Waals surface area contributed by atoms with Gasteiger partial charge in [-0.2, -0.15) is 5.10 Å². The topological polar surface area (TPSA) is 61.6 Å². The molecule has 140 valence electrons. The van der Waals surface area contributed by atoms with Crippen LogP contribution in [0.15, 0.2) is 36.7 Å². The van der Waals surface area contributed by atoms with E-state index in [2.05, 4.69) is 10.00 Å². The summed E-state index contributed by atoms with van der Waals surface area (Å²) in [5.74, 6) is 0.351. The number of likely N-dealkylation sites (tertiary alicyclic amines) is 1. The summed E-state index contributed by atoms with van der Waals surface area (Å²) in [5, 5.41) is 14.3. The first kappa shape index (κ1) is 18.9. The average Bonchev–Trinajstić information content (AvgIpc) is 3.15. The van der Waals surface area contributed by atoms with Crippen LogP contribution in [-0.2, 0) is 0 Å². The predicted molar refractivity (Wildman–Crippen MR) is 102 cm³/mol. The van der Waals surface area contributed by atoms with E-state index < -0.39 is 0 Å². The van der Waals surface area contributed by atoms with Gasteiger partial charge < -0.3 is 14.9 Å². The Morgan fingerprint density at radius 3 is 2.77 bits per heavy atom. The van der Waals surface area contributed by atoms with Gasteiger partial charge in [-0.3, -0.25) is 4.79 Å². The van der Waals surface area contributed by atoms with Crippen LogP contribution in [0, 0.1) is 11.8 Å². The highest BCUT2D eigenvalue weighted by atomic mass is 35.5. The molecule has 1 saturated heterocycles. The molecule has 1 aliphatic rings. The van der Waals surface area contributed by atoms with Crippen LogP contribution in [-0.4, -0.2) is 70.9 Å². The molecule has 0 saturated carbocycles. The highest BCUT2D eigenvalue weighted by molar-refractivity contribution is 6.33. The molecule has 2 atom stereocenters. The summed E-state index contributed by atoms with van der Waals surface area (Å²) < 4.78 is 1.70. The fourth-order valence-corrected chi connectivity index (χ4v) is 3.88. The van der Waals surface area contributed by atoms with Crippen molar-refractivity contribution >= 4 is 17.5 Å². The van der Waals surface area contributed by atoms with Crippen LogP contribution in [0.3, 0.4) is 0 Å². The number of hydrogen-bond donors (Lipinski definition) is 1. The molecule has 0 unspecified atom stereocenters. The lowest BCUT2D eigenvalue weighted by atomic mass is 9.89. The van der Waals surface area contributed by atoms with Gasteiger partial charge in [0.1, 0.15) is 0 Å². The Morgan fingerprint density at radius 2 is 2.12 bits per heavy atom. The molecule has 3 rings (SSSR count). The number of piperidine rings is 1. The SMILES string of the molecule is CN(C)C[C@@H]1C[C@@H](CO)CN(C(=O)c2cc(-n3cccn3)ccc2Cl)C1. The number of aromatic nitrogens is 2. The van der Waals surface area contributed by atoms with Crippen molar-refractivity contribution in [3.05, 3.63) is 47.2 Å². The van der Waals surface area contributed by atoms with Crippen molar-refractivity contribution in [3.8, 4) is 5.69 Å². The molecular weight excluding hydrogens is 352 g/mol. The highest BCUT2D eigenvalue weighted by Crippen LogP contribution is 2.27. The van der Waals surface area contributed by atoms with Crippen molar-refractivity contribution in [3.63, 3.8) is 0 Å². The standard InChI is InChI=1S/C19H25ClN4O2/c1-22(2)10-14-8-15(13-25)12-23(11-14)19(26)17-9-16(4-5-18(17)20)24-7-3-6-21-24/h3-7,9,14-15,25H,8,10-13H2,1-2H3/t14-,15+/m0/s1. The summed E-state index contributed by atoms with van der Waals surface area (Å²) in [7, 11) is 4.05. The van der Waals surface area contributed by atoms with Crippen LogP contribution in [0.4, 0.5) is 0 Å². The fraction of sp³-hybridized carbons (Fsp3) is 0.474. The summed E-state index contributed by atoms with van der Waals surface area (Å²) in [5.41, 5.74) is 1.27. The predicted octanol–water partition coefficient (Wildman–Crippen LogP) is 2.16. The maximum absolute atomic E-state index is 13.2. The number of benzene rings is 1. The Bertz CT molecular complexity index is 748. The molecule has 1 aromatic heterocycles. The lowest BCUT2D eigenvalue weighted by Gasteiger charge is -2.38. The second-order valence-corrected chi connectivity index (χ2v) is 7.64. The van der Waals surface area contributed by atoms with E-state index in [4.69, 9.17) is 11.6 Å². The Kier molecular flexibility index (Phi) is 5.96. The Labute approximate surface area is 159 Å². The number of hydrogen-bond acceptors (Lipinski definition) is 4. The van der Waals surface area contributed by atoms with Gasteiger partial charge in [-0.05, 0) is 56.6 Å².